The van der Waals surface area contributed by atoms with E-state index < -0.39 is 27.9 Å². The summed E-state index contributed by atoms with van der Waals surface area (Å²) < 4.78 is 33.7. The van der Waals surface area contributed by atoms with Crippen molar-refractivity contribution in [1.82, 2.24) is 9.96 Å². The molecule has 2 aliphatic rings. The Labute approximate surface area is 156 Å². The number of hydrogen-bond donors (Lipinski definition) is 0. The molecule has 0 saturated carbocycles. The minimum Gasteiger partial charge on any atom is -0.444 e. The molecule has 0 N–H and O–H groups in total. The molecule has 26 heavy (non-hydrogen) atoms. The summed E-state index contributed by atoms with van der Waals surface area (Å²) in [5.41, 5.74) is -0.780. The molecule has 0 aliphatic carbocycles. The summed E-state index contributed by atoms with van der Waals surface area (Å²) in [5, 5.41) is 1.91. The van der Waals surface area contributed by atoms with Gasteiger partial charge in [0.15, 0.2) is 0 Å². The number of hydrogen-bond acceptors (Lipinski definition) is 7. The van der Waals surface area contributed by atoms with Crippen LogP contribution in [0.4, 0.5) is 4.79 Å². The lowest BCUT2D eigenvalue weighted by Gasteiger charge is -2.33. The van der Waals surface area contributed by atoms with Crippen molar-refractivity contribution in [2.45, 2.75) is 83.8 Å². The third kappa shape index (κ3) is 5.80. The van der Waals surface area contributed by atoms with E-state index in [0.29, 0.717) is 6.42 Å². The Bertz CT molecular complexity index is 622. The molecule has 0 bridgehead atoms. The van der Waals surface area contributed by atoms with Crippen molar-refractivity contribution in [3.05, 3.63) is 0 Å². The average molecular weight is 393 g/mol. The van der Waals surface area contributed by atoms with Crippen LogP contribution < -0.4 is 0 Å². The molecule has 2 aliphatic heterocycles. The number of carbonyl (C=O) groups excluding carboxylic acids is 1. The molecule has 2 rings (SSSR count). The Hall–Kier alpha value is -0.900. The van der Waals surface area contributed by atoms with Gasteiger partial charge in [0.1, 0.15) is 11.7 Å². The molecule has 2 heterocycles. The van der Waals surface area contributed by atoms with Crippen molar-refractivity contribution >= 4 is 16.2 Å². The largest absolute Gasteiger partial charge is 0.444 e. The summed E-state index contributed by atoms with van der Waals surface area (Å²) in [4.78, 5) is 20.3. The van der Waals surface area contributed by atoms with Crippen LogP contribution in [0.25, 0.3) is 0 Å². The van der Waals surface area contributed by atoms with Gasteiger partial charge in [-0.1, -0.05) is 0 Å². The van der Waals surface area contributed by atoms with E-state index in [9.17, 15) is 13.2 Å². The summed E-state index contributed by atoms with van der Waals surface area (Å²) in [5.74, 6) is 0. The van der Waals surface area contributed by atoms with Crippen LogP contribution in [0.5, 0.6) is 0 Å². The molecule has 3 atom stereocenters. The number of nitrogens with zero attached hydrogens (tertiary/aromatic N) is 2. The molecule has 0 aromatic rings. The molecule has 0 unspecified atom stereocenters. The van der Waals surface area contributed by atoms with E-state index in [1.807, 2.05) is 5.06 Å². The fourth-order valence-corrected chi connectivity index (χ4v) is 3.93. The lowest BCUT2D eigenvalue weighted by Crippen LogP contribution is -2.46. The standard InChI is InChI=1S/C17H32N2O6S/c1-16(2,3)19-9-8-14(24-19)13-10-12(25-26(7,21)22)11-18(13)15(20)23-17(4,5)6/h12-14H,8-11H2,1-7H3/t12-,13+,14+/m1/s1. The van der Waals surface area contributed by atoms with Crippen LogP contribution in [0.3, 0.4) is 0 Å². The van der Waals surface area contributed by atoms with E-state index in [2.05, 4.69) is 20.8 Å². The molecule has 0 spiro atoms. The quantitative estimate of drug-likeness (QED) is 0.680. The highest BCUT2D eigenvalue weighted by molar-refractivity contribution is 7.86. The minimum atomic E-state index is -3.60. The van der Waals surface area contributed by atoms with E-state index in [1.54, 1.807) is 25.7 Å². The van der Waals surface area contributed by atoms with E-state index in [0.717, 1.165) is 19.2 Å². The Kier molecular flexibility index (Phi) is 5.97. The highest BCUT2D eigenvalue weighted by Gasteiger charge is 2.47. The van der Waals surface area contributed by atoms with E-state index >= 15 is 0 Å². The lowest BCUT2D eigenvalue weighted by atomic mass is 10.0. The second-order valence-electron chi connectivity index (χ2n) is 9.06. The average Bonchev–Trinajstić information content (AvgIpc) is 2.99. The molecule has 9 heteroatoms. The van der Waals surface area contributed by atoms with Crippen molar-refractivity contribution in [3.63, 3.8) is 0 Å². The van der Waals surface area contributed by atoms with Gasteiger partial charge in [0.05, 0.1) is 24.9 Å². The first-order valence-corrected chi connectivity index (χ1v) is 10.8. The number of hydroxylamine groups is 2. The van der Waals surface area contributed by atoms with Gasteiger partial charge in [-0.3, -0.25) is 13.9 Å². The fourth-order valence-electron chi connectivity index (χ4n) is 3.30. The zero-order valence-electron chi connectivity index (χ0n) is 16.8. The monoisotopic (exact) mass is 392 g/mol. The Morgan fingerprint density at radius 2 is 1.77 bits per heavy atom. The summed E-state index contributed by atoms with van der Waals surface area (Å²) in [6, 6.07) is -0.288. The van der Waals surface area contributed by atoms with Gasteiger partial charge in [0.2, 0.25) is 0 Å². The van der Waals surface area contributed by atoms with Gasteiger partial charge in [0.25, 0.3) is 10.1 Å². The Balaban J connectivity index is 2.15. The SMILES string of the molecule is CC(C)(C)OC(=O)N1C[C@H](OS(C)(=O)=O)C[C@H]1[C@@H]1CCN(C(C)(C)C)O1. The molecule has 8 nitrogen and oxygen atoms in total. The van der Waals surface area contributed by atoms with Crippen molar-refractivity contribution in [3.8, 4) is 0 Å². The van der Waals surface area contributed by atoms with Crippen LogP contribution in [0.15, 0.2) is 0 Å². The molecular weight excluding hydrogens is 360 g/mol. The highest BCUT2D eigenvalue weighted by Crippen LogP contribution is 2.33. The van der Waals surface area contributed by atoms with Crippen molar-refractivity contribution in [2.24, 2.45) is 0 Å². The first kappa shape index (κ1) is 21.4. The van der Waals surface area contributed by atoms with Gasteiger partial charge in [-0.15, -0.1) is 0 Å². The maximum absolute atomic E-state index is 12.6. The first-order chi connectivity index (χ1) is 11.7. The zero-order valence-corrected chi connectivity index (χ0v) is 17.6. The number of carbonyl (C=O) groups is 1. The van der Waals surface area contributed by atoms with Crippen LogP contribution in [-0.4, -0.2) is 73.2 Å². The second kappa shape index (κ2) is 7.26. The van der Waals surface area contributed by atoms with Crippen LogP contribution in [0, 0.1) is 0 Å². The predicted molar refractivity (Wildman–Crippen MR) is 97.0 cm³/mol. The molecule has 152 valence electrons. The number of rotatable bonds is 3. The highest BCUT2D eigenvalue weighted by atomic mass is 32.2. The number of likely N-dealkylation sites (tertiary alicyclic amines) is 1. The summed E-state index contributed by atoms with van der Waals surface area (Å²) >= 11 is 0. The van der Waals surface area contributed by atoms with Crippen molar-refractivity contribution in [1.29, 1.82) is 0 Å². The van der Waals surface area contributed by atoms with Crippen LogP contribution >= 0.6 is 0 Å². The van der Waals surface area contributed by atoms with Crippen LogP contribution in [0.1, 0.15) is 54.4 Å². The Morgan fingerprint density at radius 1 is 1.15 bits per heavy atom. The van der Waals surface area contributed by atoms with Crippen molar-refractivity contribution in [2.75, 3.05) is 19.3 Å². The fraction of sp³-hybridized carbons (Fsp3) is 0.941. The molecule has 2 fully saturated rings. The molecule has 0 aromatic carbocycles. The molecular formula is C17H32N2O6S. The van der Waals surface area contributed by atoms with Gasteiger partial charge >= 0.3 is 6.09 Å². The molecule has 0 aromatic heterocycles. The number of amides is 1. The molecule has 2 saturated heterocycles. The van der Waals surface area contributed by atoms with Gasteiger partial charge < -0.3 is 4.74 Å². The van der Waals surface area contributed by atoms with Crippen LogP contribution in [-0.2, 0) is 23.9 Å². The third-order valence-electron chi connectivity index (χ3n) is 4.30. The third-order valence-corrected chi connectivity index (χ3v) is 4.92. The van der Waals surface area contributed by atoms with Gasteiger partial charge in [-0.05, 0) is 54.4 Å². The van der Waals surface area contributed by atoms with Crippen molar-refractivity contribution < 1.29 is 27.0 Å². The second-order valence-corrected chi connectivity index (χ2v) is 10.7. The smallest absolute Gasteiger partial charge is 0.410 e. The van der Waals surface area contributed by atoms with E-state index in [-0.39, 0.29) is 24.2 Å². The summed E-state index contributed by atoms with van der Waals surface area (Å²) in [6.07, 6.45) is 0.900. The maximum Gasteiger partial charge on any atom is 0.410 e. The molecule has 0 radical (unpaired) electrons. The van der Waals surface area contributed by atoms with Gasteiger partial charge in [-0.2, -0.15) is 13.5 Å². The maximum atomic E-state index is 12.6. The predicted octanol–water partition coefficient (Wildman–Crippen LogP) is 2.14. The topological polar surface area (TPSA) is 85.4 Å². The molecule has 1 amide bonds. The summed E-state index contributed by atoms with van der Waals surface area (Å²) in [6.45, 7) is 12.5. The minimum absolute atomic E-state index is 0.146. The van der Waals surface area contributed by atoms with Gasteiger partial charge in [-0.25, -0.2) is 4.79 Å². The van der Waals surface area contributed by atoms with E-state index in [4.69, 9.17) is 13.8 Å². The van der Waals surface area contributed by atoms with E-state index in [1.165, 1.54) is 0 Å². The number of ether oxygens (including phenoxy) is 1. The van der Waals surface area contributed by atoms with Crippen LogP contribution in [0.2, 0.25) is 0 Å². The normalized spacial score (nSPS) is 28.6. The van der Waals surface area contributed by atoms with Gasteiger partial charge in [0, 0.05) is 12.1 Å². The lowest BCUT2D eigenvalue weighted by molar-refractivity contribution is -0.204. The zero-order chi connectivity index (χ0) is 19.9. The summed E-state index contributed by atoms with van der Waals surface area (Å²) in [7, 11) is -3.60. The Morgan fingerprint density at radius 3 is 2.23 bits per heavy atom. The first-order valence-electron chi connectivity index (χ1n) is 8.98.